The molecule has 3 N–H and O–H groups in total. The standard InChI is InChI=1S/C9H6O6S.CHClO/c10-7(11)3-1-4(8(12)13)6(16)5(2-3)9(14)15;2-1-3/h1-2,16H,(H,10,11)(H,12,13)(H,14,15);1H. The smallest absolute Gasteiger partial charge is 0.336 e. The summed E-state index contributed by atoms with van der Waals surface area (Å²) in [6.07, 6.45) is 0. The van der Waals surface area contributed by atoms with Crippen molar-refractivity contribution in [2.75, 3.05) is 0 Å². The molecule has 9 heteroatoms. The summed E-state index contributed by atoms with van der Waals surface area (Å²) in [5, 5.41) is 26.2. The molecular formula is C10H7ClO7S. The summed E-state index contributed by atoms with van der Waals surface area (Å²) < 4.78 is 0. The number of carbonyl (C=O) groups excluding carboxylic acids is 1. The van der Waals surface area contributed by atoms with Gasteiger partial charge in [-0.3, -0.25) is 4.79 Å². The first kappa shape index (κ1) is 16.9. The van der Waals surface area contributed by atoms with Gasteiger partial charge in [0.2, 0.25) is 5.75 Å². The quantitative estimate of drug-likeness (QED) is 0.378. The minimum atomic E-state index is -1.43. The van der Waals surface area contributed by atoms with E-state index in [0.29, 0.717) is 0 Å². The van der Waals surface area contributed by atoms with E-state index in [-0.39, 0.29) is 10.6 Å². The maximum atomic E-state index is 10.7. The fraction of sp³-hybridized carbons (Fsp3) is 0. The number of thiol groups is 1. The summed E-state index contributed by atoms with van der Waals surface area (Å²) in [4.78, 5) is 40.4. The lowest BCUT2D eigenvalue weighted by molar-refractivity contribution is 0.0690. The van der Waals surface area contributed by atoms with Gasteiger partial charge in [0.15, 0.2) is 0 Å². The second-order valence-corrected chi connectivity index (χ2v) is 3.55. The van der Waals surface area contributed by atoms with Gasteiger partial charge < -0.3 is 15.3 Å². The Labute approximate surface area is 116 Å². The van der Waals surface area contributed by atoms with E-state index in [0.717, 1.165) is 12.1 Å². The molecule has 0 spiro atoms. The first-order chi connectivity index (χ1) is 8.76. The van der Waals surface area contributed by atoms with Crippen LogP contribution >= 0.6 is 24.2 Å². The van der Waals surface area contributed by atoms with Crippen LogP contribution in [0.15, 0.2) is 17.0 Å². The van der Waals surface area contributed by atoms with E-state index in [1.807, 2.05) is 0 Å². The van der Waals surface area contributed by atoms with Crippen molar-refractivity contribution in [1.29, 1.82) is 0 Å². The molecule has 0 aromatic heterocycles. The van der Waals surface area contributed by atoms with Gasteiger partial charge in [0, 0.05) is 4.90 Å². The molecule has 0 saturated carbocycles. The highest BCUT2D eigenvalue weighted by Crippen LogP contribution is 2.22. The van der Waals surface area contributed by atoms with Crippen LogP contribution in [0.5, 0.6) is 0 Å². The zero-order chi connectivity index (χ0) is 15.2. The number of carbonyl (C=O) groups is 4. The fourth-order valence-corrected chi connectivity index (χ4v) is 1.40. The lowest BCUT2D eigenvalue weighted by atomic mass is 10.1. The Morgan fingerprint density at radius 2 is 1.32 bits per heavy atom. The summed E-state index contributed by atoms with van der Waals surface area (Å²) in [5.41, 5.74) is -1.33. The Balaban J connectivity index is 0.000000982. The molecule has 1 rings (SSSR count). The van der Waals surface area contributed by atoms with Crippen molar-refractivity contribution < 1.29 is 34.5 Å². The number of aromatic carboxylic acids is 3. The Bertz CT molecular complexity index is 506. The first-order valence-electron chi connectivity index (χ1n) is 4.37. The van der Waals surface area contributed by atoms with Crippen LogP contribution in [0.3, 0.4) is 0 Å². The van der Waals surface area contributed by atoms with Crippen LogP contribution in [0, 0.1) is 0 Å². The van der Waals surface area contributed by atoms with E-state index in [2.05, 4.69) is 24.2 Å². The molecule has 102 valence electrons. The molecule has 0 heterocycles. The van der Waals surface area contributed by atoms with Gasteiger partial charge in [-0.05, 0) is 23.7 Å². The molecule has 7 nitrogen and oxygen atoms in total. The lowest BCUT2D eigenvalue weighted by Gasteiger charge is -2.05. The van der Waals surface area contributed by atoms with Crippen molar-refractivity contribution in [3.63, 3.8) is 0 Å². The number of carboxylic acids is 3. The summed E-state index contributed by atoms with van der Waals surface area (Å²) in [6.45, 7) is 0. The van der Waals surface area contributed by atoms with E-state index < -0.39 is 34.6 Å². The summed E-state index contributed by atoms with van der Waals surface area (Å²) >= 11 is 8.07. The SMILES string of the molecule is O=C(O)c1cc(C(=O)O)c(S)c(C(=O)O)c1.O=CCl. The number of rotatable bonds is 3. The fourth-order valence-electron chi connectivity index (χ4n) is 1.08. The van der Waals surface area contributed by atoms with E-state index in [1.54, 1.807) is 0 Å². The summed E-state index contributed by atoms with van der Waals surface area (Å²) in [7, 11) is 0. The number of hydrogen-bond donors (Lipinski definition) is 4. The average Bonchev–Trinajstić information content (AvgIpc) is 2.29. The van der Waals surface area contributed by atoms with Crippen molar-refractivity contribution in [1.82, 2.24) is 0 Å². The molecule has 0 amide bonds. The summed E-state index contributed by atoms with van der Waals surface area (Å²) in [5.74, 6) is -4.05. The van der Waals surface area contributed by atoms with Crippen LogP contribution in [0.4, 0.5) is 0 Å². The summed E-state index contributed by atoms with van der Waals surface area (Å²) in [6, 6.07) is 1.72. The van der Waals surface area contributed by atoms with Crippen molar-refractivity contribution in [2.45, 2.75) is 4.90 Å². The van der Waals surface area contributed by atoms with Crippen LogP contribution in [-0.2, 0) is 4.79 Å². The highest BCUT2D eigenvalue weighted by atomic mass is 35.5. The first-order valence-corrected chi connectivity index (χ1v) is 5.25. The number of carboxylic acid groups (broad SMARTS) is 3. The third kappa shape index (κ3) is 4.60. The van der Waals surface area contributed by atoms with Crippen LogP contribution in [-0.4, -0.2) is 39.0 Å². The number of halogens is 1. The van der Waals surface area contributed by atoms with Gasteiger partial charge in [-0.25, -0.2) is 14.4 Å². The predicted molar refractivity (Wildman–Crippen MR) is 67.2 cm³/mol. The van der Waals surface area contributed by atoms with E-state index in [4.69, 9.17) is 20.1 Å². The minimum absolute atomic E-state index is 0.222. The van der Waals surface area contributed by atoms with Crippen molar-refractivity contribution >= 4 is 47.9 Å². The van der Waals surface area contributed by atoms with Gasteiger partial charge in [-0.1, -0.05) is 0 Å². The van der Waals surface area contributed by atoms with E-state index >= 15 is 0 Å². The lowest BCUT2D eigenvalue weighted by Crippen LogP contribution is -2.09. The van der Waals surface area contributed by atoms with E-state index in [9.17, 15) is 14.4 Å². The zero-order valence-corrected chi connectivity index (χ0v) is 10.7. The Kier molecular flexibility index (Phi) is 6.59. The third-order valence-corrected chi connectivity index (χ3v) is 2.30. The maximum Gasteiger partial charge on any atom is 0.336 e. The normalized spacial score (nSPS) is 8.95. The molecule has 0 aliphatic rings. The Hall–Kier alpha value is -2.06. The second-order valence-electron chi connectivity index (χ2n) is 2.92. The molecular weight excluding hydrogens is 300 g/mol. The van der Waals surface area contributed by atoms with Crippen molar-refractivity contribution in [2.24, 2.45) is 0 Å². The Morgan fingerprint density at radius 1 is 1.00 bits per heavy atom. The van der Waals surface area contributed by atoms with Gasteiger partial charge in [-0.2, -0.15) is 0 Å². The van der Waals surface area contributed by atoms with Gasteiger partial charge in [0.05, 0.1) is 16.7 Å². The molecule has 0 saturated heterocycles. The number of benzene rings is 1. The molecule has 1 aromatic rings. The third-order valence-electron chi connectivity index (χ3n) is 1.82. The molecule has 0 atom stereocenters. The molecule has 0 fully saturated rings. The topological polar surface area (TPSA) is 129 Å². The van der Waals surface area contributed by atoms with Crippen molar-refractivity contribution in [3.05, 3.63) is 28.8 Å². The molecule has 1 aromatic carbocycles. The largest absolute Gasteiger partial charge is 0.478 e. The van der Waals surface area contributed by atoms with Crippen LogP contribution in [0.1, 0.15) is 31.1 Å². The monoisotopic (exact) mass is 306 g/mol. The van der Waals surface area contributed by atoms with Crippen LogP contribution in [0.2, 0.25) is 0 Å². The second kappa shape index (κ2) is 7.39. The zero-order valence-electron chi connectivity index (χ0n) is 9.03. The van der Waals surface area contributed by atoms with E-state index in [1.165, 1.54) is 0 Å². The molecule has 0 aliphatic carbocycles. The van der Waals surface area contributed by atoms with Crippen molar-refractivity contribution in [3.8, 4) is 0 Å². The average molecular weight is 307 g/mol. The van der Waals surface area contributed by atoms with Gasteiger partial charge in [0.25, 0.3) is 0 Å². The predicted octanol–water partition coefficient (Wildman–Crippen LogP) is 1.49. The molecule has 19 heavy (non-hydrogen) atoms. The minimum Gasteiger partial charge on any atom is -0.478 e. The molecule has 0 radical (unpaired) electrons. The highest BCUT2D eigenvalue weighted by molar-refractivity contribution is 7.80. The highest BCUT2D eigenvalue weighted by Gasteiger charge is 2.19. The molecule has 0 bridgehead atoms. The number of hydrogen-bond acceptors (Lipinski definition) is 5. The molecule has 0 unspecified atom stereocenters. The van der Waals surface area contributed by atoms with Gasteiger partial charge >= 0.3 is 17.9 Å². The molecule has 0 aliphatic heterocycles. The maximum absolute atomic E-state index is 10.7. The van der Waals surface area contributed by atoms with Crippen LogP contribution in [0.25, 0.3) is 0 Å². The van der Waals surface area contributed by atoms with Crippen LogP contribution < -0.4 is 0 Å². The van der Waals surface area contributed by atoms with Gasteiger partial charge in [0.1, 0.15) is 0 Å². The Morgan fingerprint density at radius 3 is 1.53 bits per heavy atom. The van der Waals surface area contributed by atoms with Gasteiger partial charge in [-0.15, -0.1) is 12.6 Å².